The summed E-state index contributed by atoms with van der Waals surface area (Å²) in [4.78, 5) is 57.5. The third-order valence-corrected chi connectivity index (χ3v) is 15.8. The number of H-pyrrole nitrogens is 1. The second kappa shape index (κ2) is 16.6. The normalized spacial score (nSPS) is 41.5. The van der Waals surface area contributed by atoms with Crippen molar-refractivity contribution < 1.29 is 48.7 Å². The van der Waals surface area contributed by atoms with Gasteiger partial charge < -0.3 is 39.8 Å². The number of hydrogen-bond donors (Lipinski definition) is 5. The van der Waals surface area contributed by atoms with Gasteiger partial charge in [0.2, 0.25) is 5.78 Å². The number of amides is 1. The van der Waals surface area contributed by atoms with E-state index >= 15 is 4.79 Å². The zero-order valence-electron chi connectivity index (χ0n) is 34.1. The Morgan fingerprint density at radius 1 is 1.07 bits per heavy atom. The van der Waals surface area contributed by atoms with Gasteiger partial charge in [-0.1, -0.05) is 92.4 Å². The first-order chi connectivity index (χ1) is 27.9. The molecule has 322 valence electrons. The number of carbonyl (C=O) groups is 4. The van der Waals surface area contributed by atoms with E-state index in [4.69, 9.17) is 49.0 Å². The predicted octanol–water partition coefficient (Wildman–Crippen LogP) is 8.45. The number of allylic oxidation sites excluding steroid dienone is 3. The molecule has 1 amide bonds. The molecule has 1 spiro atoms. The van der Waals surface area contributed by atoms with Crippen molar-refractivity contribution in [2.75, 3.05) is 0 Å². The Hall–Kier alpha value is -3.13. The van der Waals surface area contributed by atoms with Crippen LogP contribution in [0.2, 0.25) is 15.2 Å². The van der Waals surface area contributed by atoms with Gasteiger partial charge in [-0.3, -0.25) is 9.59 Å². The monoisotopic (exact) mass is 876 g/mol. The average molecular weight is 878 g/mol. The average Bonchev–Trinajstić information content (AvgIpc) is 3.60. The summed E-state index contributed by atoms with van der Waals surface area (Å²) in [6.07, 6.45) is 12.1. The van der Waals surface area contributed by atoms with Crippen molar-refractivity contribution in [1.29, 1.82) is 0 Å². The highest BCUT2D eigenvalue weighted by molar-refractivity contribution is 6.49. The van der Waals surface area contributed by atoms with Crippen LogP contribution in [0, 0.1) is 40.4 Å². The van der Waals surface area contributed by atoms with Gasteiger partial charge in [-0.05, 0) is 82.5 Å². The topological polar surface area (TPSA) is 184 Å². The number of hydrogen-bond acceptors (Lipinski definition) is 9. The number of aliphatic hydroxyl groups excluding tert-OH is 2. The van der Waals surface area contributed by atoms with Crippen molar-refractivity contribution in [3.05, 3.63) is 68.2 Å². The van der Waals surface area contributed by atoms with Gasteiger partial charge in [-0.2, -0.15) is 0 Å². The molecule has 2 aliphatic heterocycles. The maximum Gasteiger partial charge on any atom is 0.346 e. The molecule has 59 heavy (non-hydrogen) atoms. The molecule has 4 aliphatic carbocycles. The summed E-state index contributed by atoms with van der Waals surface area (Å²) in [5, 5.41) is 37.1. The van der Waals surface area contributed by atoms with Crippen LogP contribution in [0.15, 0.2) is 47.3 Å². The van der Waals surface area contributed by atoms with E-state index in [0.717, 1.165) is 19.3 Å². The number of ether oxygens (including phenoxy) is 3. The minimum atomic E-state index is -1.72. The van der Waals surface area contributed by atoms with Crippen LogP contribution < -0.4 is 5.32 Å². The minimum Gasteiger partial charge on any atom is -0.511 e. The molecule has 2 saturated heterocycles. The van der Waals surface area contributed by atoms with E-state index in [0.29, 0.717) is 32.1 Å². The molecule has 3 fully saturated rings. The van der Waals surface area contributed by atoms with Gasteiger partial charge >= 0.3 is 11.9 Å². The Morgan fingerprint density at radius 2 is 1.81 bits per heavy atom. The molecular weight excluding hydrogens is 823 g/mol. The number of aliphatic carboxylic acids is 1. The van der Waals surface area contributed by atoms with Crippen LogP contribution in [-0.4, -0.2) is 80.2 Å². The Bertz CT molecular complexity index is 2000. The quantitative estimate of drug-likeness (QED) is 0.101. The van der Waals surface area contributed by atoms with Crippen LogP contribution in [0.25, 0.3) is 0 Å². The van der Waals surface area contributed by atoms with Gasteiger partial charge in [0, 0.05) is 29.7 Å². The molecule has 6 aliphatic rings. The molecule has 1 aromatic rings. The maximum atomic E-state index is 15.1. The second-order valence-electron chi connectivity index (χ2n) is 17.7. The highest BCUT2D eigenvalue weighted by Crippen LogP contribution is 2.61. The molecule has 13 atom stereocenters. The zero-order valence-corrected chi connectivity index (χ0v) is 36.3. The number of ketones is 1. The highest BCUT2D eigenvalue weighted by Gasteiger charge is 2.67. The molecule has 15 heteroatoms. The summed E-state index contributed by atoms with van der Waals surface area (Å²) < 4.78 is 19.3. The molecule has 12 nitrogen and oxygen atoms in total. The third kappa shape index (κ3) is 7.21. The number of carboxylic acids is 1. The standard InChI is InChI=1S/C44H55Cl3N2O10/c1-6-23-19-44-37(52)30(41(56)59-44)36(51)43(7-2)24(12-10-8-9-11-17-42(44,5)20-26(23)40(54)55)14-15-25-27(43)16-13-21(3)35(25)58-29-18-28(50)33(22(4)57-29)49-39(53)34-31(45)32(46)38(47)48-34/h11,14-15,17,20-25,27-29,33,35,48,50-51H,6-10,12-13,16,18-19H2,1-5H3,(H,49,53)(H,54,55)/b17-11-,36-30-/t21-,22+,23-,24+,25-,27-,28+,29-,33+,35-,42-,43+,44+/m0/s1. The van der Waals surface area contributed by atoms with E-state index < -0.39 is 76.6 Å². The van der Waals surface area contributed by atoms with Crippen LogP contribution >= 0.6 is 34.8 Å². The Balaban J connectivity index is 1.21. The summed E-state index contributed by atoms with van der Waals surface area (Å²) in [6.45, 7) is 9.43. The minimum absolute atomic E-state index is 0.00955. The van der Waals surface area contributed by atoms with E-state index in [1.54, 1.807) is 19.9 Å². The van der Waals surface area contributed by atoms with Crippen LogP contribution in [0.5, 0.6) is 0 Å². The number of Topliss-reactive ketones (excluding diaryl/α,β-unsaturated/α-hetero) is 1. The fourth-order valence-corrected chi connectivity index (χ4v) is 12.0. The lowest BCUT2D eigenvalue weighted by Gasteiger charge is -2.55. The van der Waals surface area contributed by atoms with E-state index in [9.17, 15) is 29.7 Å². The van der Waals surface area contributed by atoms with Gasteiger partial charge in [-0.25, -0.2) is 9.59 Å². The number of nitrogens with one attached hydrogen (secondary N) is 2. The maximum absolute atomic E-state index is 15.1. The second-order valence-corrected chi connectivity index (χ2v) is 18.8. The van der Waals surface area contributed by atoms with E-state index in [1.807, 2.05) is 26.0 Å². The third-order valence-electron chi connectivity index (χ3n) is 14.6. The number of carbonyl (C=O) groups excluding carboxylic acids is 3. The number of carboxylic acid groups (broad SMARTS) is 1. The molecule has 7 rings (SSSR count). The summed E-state index contributed by atoms with van der Waals surface area (Å²) in [5.41, 5.74) is -4.18. The zero-order chi connectivity index (χ0) is 42.8. The fourth-order valence-electron chi connectivity index (χ4n) is 11.3. The first-order valence-electron chi connectivity index (χ1n) is 21.0. The van der Waals surface area contributed by atoms with Crippen LogP contribution in [0.3, 0.4) is 0 Å². The Morgan fingerprint density at radius 3 is 2.46 bits per heavy atom. The molecule has 1 saturated carbocycles. The number of aromatic nitrogens is 1. The van der Waals surface area contributed by atoms with Crippen molar-refractivity contribution in [3.63, 3.8) is 0 Å². The molecule has 0 unspecified atom stereocenters. The Labute approximate surface area is 359 Å². The molecule has 1 aromatic heterocycles. The Kier molecular flexibility index (Phi) is 12.4. The van der Waals surface area contributed by atoms with Crippen molar-refractivity contribution >= 4 is 58.4 Å². The largest absolute Gasteiger partial charge is 0.511 e. The number of rotatable bonds is 7. The fraction of sp³-hybridized carbons (Fsp3) is 0.636. The first-order valence-corrected chi connectivity index (χ1v) is 22.1. The summed E-state index contributed by atoms with van der Waals surface area (Å²) in [5.74, 6) is -4.60. The number of halogens is 3. The van der Waals surface area contributed by atoms with Crippen molar-refractivity contribution in [2.45, 2.75) is 135 Å². The van der Waals surface area contributed by atoms with E-state index in [1.165, 1.54) is 0 Å². The molecule has 3 heterocycles. The molecule has 0 aromatic carbocycles. The van der Waals surface area contributed by atoms with Crippen molar-refractivity contribution in [1.82, 2.24) is 10.3 Å². The first kappa shape index (κ1) is 43.9. The lowest BCUT2D eigenvalue weighted by Crippen LogP contribution is -2.58. The highest BCUT2D eigenvalue weighted by atomic mass is 35.5. The predicted molar refractivity (Wildman–Crippen MR) is 221 cm³/mol. The summed E-state index contributed by atoms with van der Waals surface area (Å²) in [7, 11) is 0. The van der Waals surface area contributed by atoms with Gasteiger partial charge in [-0.15, -0.1) is 0 Å². The van der Waals surface area contributed by atoms with Crippen LogP contribution in [0.1, 0.15) is 109 Å². The van der Waals surface area contributed by atoms with Gasteiger partial charge in [0.15, 0.2) is 11.9 Å². The number of esters is 1. The van der Waals surface area contributed by atoms with Gasteiger partial charge in [0.05, 0.1) is 39.8 Å². The number of aromatic amines is 1. The lowest BCUT2D eigenvalue weighted by molar-refractivity contribution is -0.258. The smallest absolute Gasteiger partial charge is 0.346 e. The molecule has 5 N–H and O–H groups in total. The van der Waals surface area contributed by atoms with Crippen LogP contribution in [0.4, 0.5) is 0 Å². The molecular formula is C44H55Cl3N2O10. The SMILES string of the molecule is CC[C@H]1C[C@]23OC(=O)/C(=C(\O)[C@]4(CC)[C@@H](C=C[C@@H]5[C@@H](O[C@H]6C[C@@H](O)[C@H](NC(=O)c7[nH]c(Cl)c(Cl)c7Cl)[C@@H](C)O6)[C@@H](C)CC[C@@H]54)CCCC/C=C\[C@@]2(C)C=C1C(=O)O)C3=O. The summed E-state index contributed by atoms with van der Waals surface area (Å²) >= 11 is 18.3. The van der Waals surface area contributed by atoms with Gasteiger partial charge in [0.1, 0.15) is 22.2 Å². The van der Waals surface area contributed by atoms with Crippen molar-refractivity contribution in [2.24, 2.45) is 40.4 Å². The van der Waals surface area contributed by atoms with E-state index in [-0.39, 0.29) is 74.3 Å². The van der Waals surface area contributed by atoms with Crippen LogP contribution in [-0.2, 0) is 28.6 Å². The number of aliphatic hydroxyl groups is 2. The summed E-state index contributed by atoms with van der Waals surface area (Å²) in [6, 6.07) is -0.800. The van der Waals surface area contributed by atoms with Gasteiger partial charge in [0.25, 0.3) is 5.91 Å². The molecule has 0 radical (unpaired) electrons. The molecule has 2 bridgehead atoms. The van der Waals surface area contributed by atoms with Crippen molar-refractivity contribution in [3.8, 4) is 0 Å². The lowest BCUT2D eigenvalue weighted by atomic mass is 9.50. The van der Waals surface area contributed by atoms with E-state index in [2.05, 4.69) is 29.4 Å². The number of fused-ring (bicyclic) bond motifs is 4.